The third-order valence-corrected chi connectivity index (χ3v) is 4.21. The fourth-order valence-electron chi connectivity index (χ4n) is 2.06. The maximum atomic E-state index is 11.1. The van der Waals surface area contributed by atoms with E-state index in [4.69, 9.17) is 0 Å². The zero-order chi connectivity index (χ0) is 14.7. The fraction of sp³-hybridized carbons (Fsp3) is 0.385. The predicted molar refractivity (Wildman–Crippen MR) is 78.8 cm³/mol. The topological polar surface area (TPSA) is 81.0 Å². The SMILES string of the molecule is CCC(NC)c1nnc(-c2c(C)cccc2[N+](=O)[O-])s1. The molecule has 0 spiro atoms. The van der Waals surface area contributed by atoms with E-state index < -0.39 is 0 Å². The van der Waals surface area contributed by atoms with Gasteiger partial charge >= 0.3 is 0 Å². The van der Waals surface area contributed by atoms with E-state index in [1.165, 1.54) is 17.4 Å². The summed E-state index contributed by atoms with van der Waals surface area (Å²) in [4.78, 5) is 10.8. The van der Waals surface area contributed by atoms with Crippen molar-refractivity contribution >= 4 is 17.0 Å². The highest BCUT2D eigenvalue weighted by atomic mass is 32.1. The minimum atomic E-state index is -0.376. The number of aromatic nitrogens is 2. The Kier molecular flexibility index (Phi) is 4.41. The van der Waals surface area contributed by atoms with E-state index in [2.05, 4.69) is 22.4 Å². The van der Waals surface area contributed by atoms with Gasteiger partial charge in [-0.3, -0.25) is 10.1 Å². The summed E-state index contributed by atoms with van der Waals surface area (Å²) >= 11 is 1.40. The van der Waals surface area contributed by atoms with Crippen LogP contribution in [0.5, 0.6) is 0 Å². The molecule has 0 amide bonds. The first kappa shape index (κ1) is 14.5. The zero-order valence-corrected chi connectivity index (χ0v) is 12.4. The third-order valence-electron chi connectivity index (χ3n) is 3.16. The van der Waals surface area contributed by atoms with E-state index in [1.54, 1.807) is 6.07 Å². The molecular weight excluding hydrogens is 276 g/mol. The van der Waals surface area contributed by atoms with Gasteiger partial charge in [-0.1, -0.05) is 30.4 Å². The molecule has 0 aliphatic carbocycles. The van der Waals surface area contributed by atoms with Gasteiger partial charge in [-0.15, -0.1) is 10.2 Å². The molecule has 1 aromatic heterocycles. The van der Waals surface area contributed by atoms with Gasteiger partial charge in [-0.05, 0) is 26.0 Å². The summed E-state index contributed by atoms with van der Waals surface area (Å²) in [5, 5.41) is 24.0. The van der Waals surface area contributed by atoms with Crippen LogP contribution in [0.4, 0.5) is 5.69 Å². The highest BCUT2D eigenvalue weighted by Gasteiger charge is 2.22. The number of nitrogens with one attached hydrogen (secondary N) is 1. The maximum absolute atomic E-state index is 11.1. The van der Waals surface area contributed by atoms with Gasteiger partial charge in [-0.2, -0.15) is 0 Å². The largest absolute Gasteiger partial charge is 0.311 e. The molecule has 1 atom stereocenters. The summed E-state index contributed by atoms with van der Waals surface area (Å²) < 4.78 is 0. The number of nitro benzene ring substituents is 1. The molecule has 1 N–H and O–H groups in total. The van der Waals surface area contributed by atoms with E-state index in [9.17, 15) is 10.1 Å². The number of aryl methyl sites for hydroxylation is 1. The molecule has 6 nitrogen and oxygen atoms in total. The smallest absolute Gasteiger partial charge is 0.279 e. The Bertz CT molecular complexity index is 623. The van der Waals surface area contributed by atoms with Gasteiger partial charge in [0, 0.05) is 6.07 Å². The lowest BCUT2D eigenvalue weighted by Crippen LogP contribution is -2.14. The van der Waals surface area contributed by atoms with E-state index in [1.807, 2.05) is 20.0 Å². The normalized spacial score (nSPS) is 12.3. The Morgan fingerprint density at radius 3 is 2.80 bits per heavy atom. The third kappa shape index (κ3) is 2.68. The monoisotopic (exact) mass is 292 g/mol. The van der Waals surface area contributed by atoms with Crippen molar-refractivity contribution < 1.29 is 4.92 Å². The maximum Gasteiger partial charge on any atom is 0.279 e. The molecule has 0 aliphatic heterocycles. The van der Waals surface area contributed by atoms with Crippen LogP contribution in [0.3, 0.4) is 0 Å². The quantitative estimate of drug-likeness (QED) is 0.676. The highest BCUT2D eigenvalue weighted by Crippen LogP contribution is 2.36. The molecule has 2 rings (SSSR count). The average molecular weight is 292 g/mol. The van der Waals surface area contributed by atoms with Crippen LogP contribution < -0.4 is 5.32 Å². The van der Waals surface area contributed by atoms with Crippen LogP contribution >= 0.6 is 11.3 Å². The van der Waals surface area contributed by atoms with Crippen LogP contribution in [0.1, 0.15) is 30.0 Å². The lowest BCUT2D eigenvalue weighted by Gasteiger charge is -2.08. The molecule has 1 unspecified atom stereocenters. The van der Waals surface area contributed by atoms with Crippen LogP contribution in [0.2, 0.25) is 0 Å². The first-order valence-electron chi connectivity index (χ1n) is 6.33. The molecule has 0 saturated carbocycles. The number of nitro groups is 1. The van der Waals surface area contributed by atoms with Crippen LogP contribution in [0.25, 0.3) is 10.6 Å². The van der Waals surface area contributed by atoms with Crippen LogP contribution in [0.15, 0.2) is 18.2 Å². The van der Waals surface area contributed by atoms with Crippen LogP contribution in [-0.2, 0) is 0 Å². The number of rotatable bonds is 5. The number of nitrogens with zero attached hydrogens (tertiary/aromatic N) is 3. The van der Waals surface area contributed by atoms with Crippen molar-refractivity contribution in [3.8, 4) is 10.6 Å². The van der Waals surface area contributed by atoms with Crippen molar-refractivity contribution in [3.63, 3.8) is 0 Å². The molecule has 2 aromatic rings. The molecule has 1 aromatic carbocycles. The molecule has 20 heavy (non-hydrogen) atoms. The molecule has 0 bridgehead atoms. The van der Waals surface area contributed by atoms with Crippen molar-refractivity contribution in [3.05, 3.63) is 38.9 Å². The molecule has 106 valence electrons. The second kappa shape index (κ2) is 6.06. The summed E-state index contributed by atoms with van der Waals surface area (Å²) in [6.07, 6.45) is 0.890. The standard InChI is InChI=1S/C13H16N4O2S/c1-4-9(14-3)12-15-16-13(20-12)11-8(2)6-5-7-10(11)17(18)19/h5-7,9,14H,4H2,1-3H3. The summed E-state index contributed by atoms with van der Waals surface area (Å²) in [7, 11) is 1.87. The van der Waals surface area contributed by atoms with Gasteiger partial charge in [0.05, 0.1) is 16.5 Å². The first-order chi connectivity index (χ1) is 9.58. The van der Waals surface area contributed by atoms with E-state index >= 15 is 0 Å². The zero-order valence-electron chi connectivity index (χ0n) is 11.6. The Morgan fingerprint density at radius 2 is 2.20 bits per heavy atom. The van der Waals surface area contributed by atoms with E-state index in [-0.39, 0.29) is 16.7 Å². The lowest BCUT2D eigenvalue weighted by molar-refractivity contribution is -0.384. The minimum absolute atomic E-state index is 0.0743. The molecule has 7 heteroatoms. The van der Waals surface area contributed by atoms with Crippen molar-refractivity contribution in [2.45, 2.75) is 26.3 Å². The summed E-state index contributed by atoms with van der Waals surface area (Å²) in [5.41, 5.74) is 1.47. The molecule has 0 radical (unpaired) electrons. The Hall–Kier alpha value is -1.86. The van der Waals surface area contributed by atoms with E-state index in [0.717, 1.165) is 17.0 Å². The van der Waals surface area contributed by atoms with Crippen molar-refractivity contribution in [2.75, 3.05) is 7.05 Å². The predicted octanol–water partition coefficient (Wildman–Crippen LogP) is 3.09. The first-order valence-corrected chi connectivity index (χ1v) is 7.15. The Labute approximate surface area is 121 Å². The van der Waals surface area contributed by atoms with Gasteiger partial charge < -0.3 is 5.32 Å². The average Bonchev–Trinajstić information content (AvgIpc) is 2.89. The second-order valence-electron chi connectivity index (χ2n) is 4.42. The molecule has 0 aliphatic rings. The number of hydrogen-bond donors (Lipinski definition) is 1. The summed E-state index contributed by atoms with van der Waals surface area (Å²) in [5.74, 6) is 0. The van der Waals surface area contributed by atoms with Gasteiger partial charge in [0.25, 0.3) is 5.69 Å². The number of hydrogen-bond acceptors (Lipinski definition) is 6. The van der Waals surface area contributed by atoms with Gasteiger partial charge in [0.2, 0.25) is 0 Å². The van der Waals surface area contributed by atoms with Crippen molar-refractivity contribution in [1.82, 2.24) is 15.5 Å². The van der Waals surface area contributed by atoms with Gasteiger partial charge in [0.15, 0.2) is 5.01 Å². The molecular formula is C13H16N4O2S. The molecule has 0 fully saturated rings. The second-order valence-corrected chi connectivity index (χ2v) is 5.43. The van der Waals surface area contributed by atoms with Crippen molar-refractivity contribution in [1.29, 1.82) is 0 Å². The summed E-state index contributed by atoms with van der Waals surface area (Å²) in [6, 6.07) is 5.16. The minimum Gasteiger partial charge on any atom is -0.311 e. The Balaban J connectivity index is 2.50. The molecule has 1 heterocycles. The Morgan fingerprint density at radius 1 is 1.45 bits per heavy atom. The number of benzene rings is 1. The highest BCUT2D eigenvalue weighted by molar-refractivity contribution is 7.14. The van der Waals surface area contributed by atoms with E-state index in [0.29, 0.717) is 10.6 Å². The molecule has 0 saturated heterocycles. The van der Waals surface area contributed by atoms with Gasteiger partial charge in [0.1, 0.15) is 5.01 Å². The van der Waals surface area contributed by atoms with Gasteiger partial charge in [-0.25, -0.2) is 0 Å². The lowest BCUT2D eigenvalue weighted by atomic mass is 10.1. The summed E-state index contributed by atoms with van der Waals surface area (Å²) in [6.45, 7) is 3.90. The van der Waals surface area contributed by atoms with Crippen LogP contribution in [-0.4, -0.2) is 22.2 Å². The van der Waals surface area contributed by atoms with Crippen molar-refractivity contribution in [2.24, 2.45) is 0 Å². The fourth-order valence-corrected chi connectivity index (χ4v) is 3.22. The van der Waals surface area contributed by atoms with Crippen LogP contribution in [0, 0.1) is 17.0 Å².